The Balaban J connectivity index is 4.08. The lowest BCUT2D eigenvalue weighted by atomic mass is 10.0. The first-order valence-electron chi connectivity index (χ1n) is 3.06. The molecule has 0 rings (SSSR count). The Hall–Kier alpha value is -0.900. The van der Waals surface area contributed by atoms with Gasteiger partial charge in [0.25, 0.3) is 5.91 Å². The third kappa shape index (κ3) is 2.14. The fourth-order valence-electron chi connectivity index (χ4n) is 0.467. The fraction of sp³-hybridized carbons (Fsp3) is 0.667. The van der Waals surface area contributed by atoms with Gasteiger partial charge < -0.3 is 11.5 Å². The molecule has 1 atom stereocenters. The predicted molar refractivity (Wildman–Crippen MR) is 37.0 cm³/mol. The zero-order chi connectivity index (χ0) is 8.31. The minimum Gasteiger partial charge on any atom is -0.363 e. The van der Waals surface area contributed by atoms with Gasteiger partial charge >= 0.3 is 0 Å². The minimum absolute atomic E-state index is 0.0417. The Morgan fingerprint density at radius 3 is 1.80 bits per heavy atom. The second-order valence-electron chi connectivity index (χ2n) is 2.50. The summed E-state index contributed by atoms with van der Waals surface area (Å²) < 4.78 is 0. The van der Waals surface area contributed by atoms with Crippen LogP contribution < -0.4 is 11.5 Å². The van der Waals surface area contributed by atoms with Gasteiger partial charge in [0.05, 0.1) is 6.04 Å². The molecule has 0 aliphatic carbocycles. The van der Waals surface area contributed by atoms with Crippen LogP contribution in [0.2, 0.25) is 0 Å². The lowest BCUT2D eigenvalue weighted by Crippen LogP contribution is -2.43. The highest BCUT2D eigenvalue weighted by Gasteiger charge is 2.21. The van der Waals surface area contributed by atoms with Crippen molar-refractivity contribution < 1.29 is 9.59 Å². The first-order valence-corrected chi connectivity index (χ1v) is 3.06. The molecule has 0 aliphatic heterocycles. The molecule has 10 heavy (non-hydrogen) atoms. The van der Waals surface area contributed by atoms with Crippen LogP contribution in [-0.4, -0.2) is 17.7 Å². The van der Waals surface area contributed by atoms with Crippen molar-refractivity contribution in [3.05, 3.63) is 0 Å². The molecule has 4 N–H and O–H groups in total. The SMILES string of the molecule is CC(C)[C@H](N)C(=O)C(N)=O. The van der Waals surface area contributed by atoms with Crippen LogP contribution in [0.3, 0.4) is 0 Å². The molecule has 0 spiro atoms. The molecule has 0 saturated carbocycles. The van der Waals surface area contributed by atoms with Crippen molar-refractivity contribution in [2.45, 2.75) is 19.9 Å². The molecule has 0 unspecified atom stereocenters. The molecule has 4 heteroatoms. The molecule has 0 fully saturated rings. The van der Waals surface area contributed by atoms with Gasteiger partial charge in [-0.05, 0) is 5.92 Å². The third-order valence-corrected chi connectivity index (χ3v) is 1.26. The van der Waals surface area contributed by atoms with E-state index in [0.29, 0.717) is 0 Å². The summed E-state index contributed by atoms with van der Waals surface area (Å²) in [5.41, 5.74) is 10.0. The number of hydrogen-bond acceptors (Lipinski definition) is 3. The van der Waals surface area contributed by atoms with E-state index in [2.05, 4.69) is 0 Å². The average Bonchev–Trinajstić information content (AvgIpc) is 1.84. The third-order valence-electron chi connectivity index (χ3n) is 1.26. The van der Waals surface area contributed by atoms with Crippen LogP contribution in [-0.2, 0) is 9.59 Å². The Kier molecular flexibility index (Phi) is 3.02. The Bertz CT molecular complexity index is 154. The van der Waals surface area contributed by atoms with Crippen LogP contribution in [0.25, 0.3) is 0 Å². The maximum atomic E-state index is 10.7. The van der Waals surface area contributed by atoms with Crippen LogP contribution in [0.1, 0.15) is 13.8 Å². The van der Waals surface area contributed by atoms with Gasteiger partial charge in [0.15, 0.2) is 0 Å². The molecule has 0 heterocycles. The lowest BCUT2D eigenvalue weighted by molar-refractivity contribution is -0.137. The number of Topliss-reactive ketones (excluding diaryl/α,β-unsaturated/α-hetero) is 1. The monoisotopic (exact) mass is 144 g/mol. The van der Waals surface area contributed by atoms with E-state index < -0.39 is 17.7 Å². The van der Waals surface area contributed by atoms with Gasteiger partial charge in [0.2, 0.25) is 5.78 Å². The van der Waals surface area contributed by atoms with Crippen LogP contribution in [0.4, 0.5) is 0 Å². The summed E-state index contributed by atoms with van der Waals surface area (Å²) in [7, 11) is 0. The molecular weight excluding hydrogens is 132 g/mol. The highest BCUT2D eigenvalue weighted by atomic mass is 16.2. The van der Waals surface area contributed by atoms with Crippen molar-refractivity contribution in [1.82, 2.24) is 0 Å². The van der Waals surface area contributed by atoms with Crippen molar-refractivity contribution in [3.63, 3.8) is 0 Å². The Labute approximate surface area is 59.6 Å². The topological polar surface area (TPSA) is 86.2 Å². The molecule has 4 nitrogen and oxygen atoms in total. The maximum Gasteiger partial charge on any atom is 0.286 e. The van der Waals surface area contributed by atoms with Gasteiger partial charge in [-0.2, -0.15) is 0 Å². The first kappa shape index (κ1) is 9.10. The first-order chi connectivity index (χ1) is 4.46. The summed E-state index contributed by atoms with van der Waals surface area (Å²) in [5, 5.41) is 0. The number of nitrogens with two attached hydrogens (primary N) is 2. The van der Waals surface area contributed by atoms with Gasteiger partial charge in [-0.3, -0.25) is 9.59 Å². The number of carbonyl (C=O) groups is 2. The number of carbonyl (C=O) groups excluding carboxylic acids is 2. The van der Waals surface area contributed by atoms with Crippen LogP contribution in [0.5, 0.6) is 0 Å². The van der Waals surface area contributed by atoms with Crippen molar-refractivity contribution in [1.29, 1.82) is 0 Å². The number of hydrogen-bond donors (Lipinski definition) is 2. The van der Waals surface area contributed by atoms with Crippen molar-refractivity contribution in [2.24, 2.45) is 17.4 Å². The van der Waals surface area contributed by atoms with E-state index in [1.807, 2.05) is 0 Å². The molecule has 0 saturated heterocycles. The number of amides is 1. The van der Waals surface area contributed by atoms with E-state index in [1.54, 1.807) is 13.8 Å². The van der Waals surface area contributed by atoms with E-state index in [-0.39, 0.29) is 5.92 Å². The zero-order valence-corrected chi connectivity index (χ0v) is 6.13. The second kappa shape index (κ2) is 3.31. The summed E-state index contributed by atoms with van der Waals surface area (Å²) in [6.07, 6.45) is 0. The molecular formula is C6H12N2O2. The van der Waals surface area contributed by atoms with Gasteiger partial charge in [0.1, 0.15) is 0 Å². The van der Waals surface area contributed by atoms with Crippen LogP contribution in [0, 0.1) is 5.92 Å². The van der Waals surface area contributed by atoms with Gasteiger partial charge in [-0.25, -0.2) is 0 Å². The molecule has 0 radical (unpaired) electrons. The quantitative estimate of drug-likeness (QED) is 0.499. The zero-order valence-electron chi connectivity index (χ0n) is 6.13. The lowest BCUT2D eigenvalue weighted by Gasteiger charge is -2.10. The van der Waals surface area contributed by atoms with Crippen molar-refractivity contribution >= 4 is 11.7 Å². The van der Waals surface area contributed by atoms with E-state index in [4.69, 9.17) is 11.5 Å². The predicted octanol–water partition coefficient (Wildman–Crippen LogP) is -0.976. The Morgan fingerprint density at radius 1 is 1.30 bits per heavy atom. The smallest absolute Gasteiger partial charge is 0.286 e. The molecule has 0 aromatic heterocycles. The van der Waals surface area contributed by atoms with Crippen LogP contribution >= 0.6 is 0 Å². The molecule has 0 bridgehead atoms. The fourth-order valence-corrected chi connectivity index (χ4v) is 0.467. The largest absolute Gasteiger partial charge is 0.363 e. The van der Waals surface area contributed by atoms with Crippen LogP contribution in [0.15, 0.2) is 0 Å². The molecule has 58 valence electrons. The van der Waals surface area contributed by atoms with Gasteiger partial charge in [-0.15, -0.1) is 0 Å². The number of primary amides is 1. The maximum absolute atomic E-state index is 10.7. The number of ketones is 1. The summed E-state index contributed by atoms with van der Waals surface area (Å²) in [6, 6.07) is -0.752. The van der Waals surface area contributed by atoms with E-state index in [9.17, 15) is 9.59 Å². The van der Waals surface area contributed by atoms with Gasteiger partial charge in [-0.1, -0.05) is 13.8 Å². The summed E-state index contributed by atoms with van der Waals surface area (Å²) in [4.78, 5) is 20.9. The van der Waals surface area contributed by atoms with Crippen molar-refractivity contribution in [2.75, 3.05) is 0 Å². The van der Waals surface area contributed by atoms with E-state index in [0.717, 1.165) is 0 Å². The summed E-state index contributed by atoms with van der Waals surface area (Å²) in [5.74, 6) is -1.70. The van der Waals surface area contributed by atoms with E-state index in [1.165, 1.54) is 0 Å². The molecule has 0 aromatic carbocycles. The normalized spacial score (nSPS) is 13.2. The number of rotatable bonds is 3. The summed E-state index contributed by atoms with van der Waals surface area (Å²) in [6.45, 7) is 3.51. The van der Waals surface area contributed by atoms with Gasteiger partial charge in [0, 0.05) is 0 Å². The highest BCUT2D eigenvalue weighted by molar-refractivity contribution is 6.37. The molecule has 1 amide bonds. The molecule has 0 aliphatic rings. The summed E-state index contributed by atoms with van der Waals surface area (Å²) >= 11 is 0. The second-order valence-corrected chi connectivity index (χ2v) is 2.50. The molecule has 0 aromatic rings. The minimum atomic E-state index is -0.957. The standard InChI is InChI=1S/C6H12N2O2/c1-3(2)4(7)5(9)6(8)10/h3-4H,7H2,1-2H3,(H2,8,10)/t4-/m0/s1. The average molecular weight is 144 g/mol. The van der Waals surface area contributed by atoms with Crippen molar-refractivity contribution in [3.8, 4) is 0 Å². The van der Waals surface area contributed by atoms with E-state index >= 15 is 0 Å². The Morgan fingerprint density at radius 2 is 1.70 bits per heavy atom. The highest BCUT2D eigenvalue weighted by Crippen LogP contribution is 1.98.